The first-order valence-electron chi connectivity index (χ1n) is 5.94. The van der Waals surface area contributed by atoms with Crippen LogP contribution in [0.1, 0.15) is 32.6 Å². The van der Waals surface area contributed by atoms with Gasteiger partial charge in [0, 0.05) is 22.7 Å². The molecule has 2 aromatic rings. The average molecular weight is 290 g/mol. The summed E-state index contributed by atoms with van der Waals surface area (Å²) in [5.41, 5.74) is 1.63. The zero-order chi connectivity index (χ0) is 14.7. The van der Waals surface area contributed by atoms with Crippen molar-refractivity contribution >= 4 is 28.7 Å². The number of rotatable bonds is 4. The highest BCUT2D eigenvalue weighted by molar-refractivity contribution is 7.11. The van der Waals surface area contributed by atoms with Crippen LogP contribution in [0.2, 0.25) is 0 Å². The van der Waals surface area contributed by atoms with Crippen LogP contribution in [0.5, 0.6) is 5.75 Å². The third-order valence-corrected chi connectivity index (χ3v) is 3.65. The van der Waals surface area contributed by atoms with Gasteiger partial charge in [-0.2, -0.15) is 0 Å². The lowest BCUT2D eigenvalue weighted by atomic mass is 10.0. The molecule has 1 N–H and O–H groups in total. The summed E-state index contributed by atoms with van der Waals surface area (Å²) in [7, 11) is 1.54. The molecule has 0 aliphatic heterocycles. The third-order valence-electron chi connectivity index (χ3n) is 2.88. The Morgan fingerprint density at radius 3 is 2.65 bits per heavy atom. The summed E-state index contributed by atoms with van der Waals surface area (Å²) in [4.78, 5) is 27.7. The standard InChI is InChI=1S/C14H14N2O3S/c1-8-11(19-3)5-4-10(9(2)17)12(8)16-13(18)14-15-6-7-20-14/h4-7H,1-3H3,(H,16,18). The Balaban J connectivity index is 2.43. The number of hydrogen-bond acceptors (Lipinski definition) is 5. The Morgan fingerprint density at radius 1 is 1.35 bits per heavy atom. The molecule has 1 aromatic carbocycles. The molecule has 0 aliphatic rings. The van der Waals surface area contributed by atoms with Gasteiger partial charge in [0.1, 0.15) is 5.75 Å². The predicted octanol–water partition coefficient (Wildman–Crippen LogP) is 2.92. The van der Waals surface area contributed by atoms with E-state index in [0.717, 1.165) is 0 Å². The van der Waals surface area contributed by atoms with Crippen LogP contribution in [0.25, 0.3) is 0 Å². The second-order valence-electron chi connectivity index (χ2n) is 4.16. The maximum absolute atomic E-state index is 12.1. The number of carbonyl (C=O) groups excluding carboxylic acids is 2. The van der Waals surface area contributed by atoms with E-state index in [-0.39, 0.29) is 11.7 Å². The van der Waals surface area contributed by atoms with E-state index in [0.29, 0.717) is 27.6 Å². The van der Waals surface area contributed by atoms with Crippen LogP contribution in [0, 0.1) is 6.92 Å². The van der Waals surface area contributed by atoms with Gasteiger partial charge in [-0.1, -0.05) is 0 Å². The van der Waals surface area contributed by atoms with Crippen LogP contribution < -0.4 is 10.1 Å². The number of ketones is 1. The van der Waals surface area contributed by atoms with Crippen molar-refractivity contribution in [1.29, 1.82) is 0 Å². The largest absolute Gasteiger partial charge is 0.496 e. The number of amides is 1. The highest BCUT2D eigenvalue weighted by atomic mass is 32.1. The number of carbonyl (C=O) groups is 2. The summed E-state index contributed by atoms with van der Waals surface area (Å²) in [6.45, 7) is 3.25. The number of methoxy groups -OCH3 is 1. The molecule has 0 aliphatic carbocycles. The number of aromatic nitrogens is 1. The fraction of sp³-hybridized carbons (Fsp3) is 0.214. The summed E-state index contributed by atoms with van der Waals surface area (Å²) >= 11 is 1.24. The van der Waals surface area contributed by atoms with Crippen molar-refractivity contribution in [3.8, 4) is 5.75 Å². The molecule has 0 radical (unpaired) electrons. The molecule has 1 heterocycles. The number of hydrogen-bond donors (Lipinski definition) is 1. The smallest absolute Gasteiger partial charge is 0.284 e. The summed E-state index contributed by atoms with van der Waals surface area (Å²) in [6, 6.07) is 3.36. The second kappa shape index (κ2) is 5.83. The van der Waals surface area contributed by atoms with E-state index in [1.807, 2.05) is 0 Å². The minimum absolute atomic E-state index is 0.120. The quantitative estimate of drug-likeness (QED) is 0.879. The van der Waals surface area contributed by atoms with E-state index >= 15 is 0 Å². The SMILES string of the molecule is COc1ccc(C(C)=O)c(NC(=O)c2nccs2)c1C. The van der Waals surface area contributed by atoms with Gasteiger partial charge in [-0.15, -0.1) is 11.3 Å². The topological polar surface area (TPSA) is 68.3 Å². The van der Waals surface area contributed by atoms with Gasteiger partial charge in [0.2, 0.25) is 0 Å². The number of Topliss-reactive ketones (excluding diaryl/α,β-unsaturated/α-hetero) is 1. The second-order valence-corrected chi connectivity index (χ2v) is 5.06. The number of thiazole rings is 1. The van der Waals surface area contributed by atoms with Gasteiger partial charge in [-0.05, 0) is 26.0 Å². The molecule has 1 aromatic heterocycles. The number of anilines is 1. The predicted molar refractivity (Wildman–Crippen MR) is 77.8 cm³/mol. The van der Waals surface area contributed by atoms with Crippen LogP contribution in [-0.4, -0.2) is 23.8 Å². The zero-order valence-electron chi connectivity index (χ0n) is 11.4. The Morgan fingerprint density at radius 2 is 2.10 bits per heavy atom. The summed E-state index contributed by atoms with van der Waals surface area (Å²) in [5, 5.41) is 4.82. The molecule has 0 saturated carbocycles. The Kier molecular flexibility index (Phi) is 4.14. The molecule has 6 heteroatoms. The minimum Gasteiger partial charge on any atom is -0.496 e. The Labute approximate surface area is 120 Å². The van der Waals surface area contributed by atoms with Gasteiger partial charge < -0.3 is 10.1 Å². The Bertz CT molecular complexity index is 651. The van der Waals surface area contributed by atoms with Crippen molar-refractivity contribution in [2.45, 2.75) is 13.8 Å². The van der Waals surface area contributed by atoms with Crippen molar-refractivity contribution in [3.63, 3.8) is 0 Å². The highest BCUT2D eigenvalue weighted by Crippen LogP contribution is 2.30. The maximum Gasteiger partial charge on any atom is 0.284 e. The molecule has 0 bridgehead atoms. The van der Waals surface area contributed by atoms with Crippen LogP contribution in [0.3, 0.4) is 0 Å². The fourth-order valence-corrected chi connectivity index (χ4v) is 2.40. The lowest BCUT2D eigenvalue weighted by molar-refractivity contribution is 0.101. The summed E-state index contributed by atoms with van der Waals surface area (Å²) in [6.07, 6.45) is 1.56. The average Bonchev–Trinajstić information content (AvgIpc) is 2.94. The van der Waals surface area contributed by atoms with E-state index in [4.69, 9.17) is 4.74 Å². The van der Waals surface area contributed by atoms with Crippen LogP contribution in [0.4, 0.5) is 5.69 Å². The van der Waals surface area contributed by atoms with E-state index < -0.39 is 0 Å². The van der Waals surface area contributed by atoms with Crippen molar-refractivity contribution in [1.82, 2.24) is 4.98 Å². The fourth-order valence-electron chi connectivity index (χ4n) is 1.87. The highest BCUT2D eigenvalue weighted by Gasteiger charge is 2.17. The van der Waals surface area contributed by atoms with Gasteiger partial charge in [0.25, 0.3) is 5.91 Å². The molecule has 0 spiro atoms. The van der Waals surface area contributed by atoms with Gasteiger partial charge in [0.15, 0.2) is 10.8 Å². The van der Waals surface area contributed by atoms with Crippen molar-refractivity contribution in [3.05, 3.63) is 39.8 Å². The van der Waals surface area contributed by atoms with Gasteiger partial charge >= 0.3 is 0 Å². The van der Waals surface area contributed by atoms with Crippen molar-refractivity contribution in [2.75, 3.05) is 12.4 Å². The molecule has 1 amide bonds. The van der Waals surface area contributed by atoms with Crippen LogP contribution >= 0.6 is 11.3 Å². The van der Waals surface area contributed by atoms with Gasteiger partial charge in [-0.3, -0.25) is 9.59 Å². The lowest BCUT2D eigenvalue weighted by Gasteiger charge is -2.14. The van der Waals surface area contributed by atoms with E-state index in [9.17, 15) is 9.59 Å². The number of benzene rings is 1. The normalized spacial score (nSPS) is 10.2. The molecule has 0 unspecified atom stereocenters. The zero-order valence-corrected chi connectivity index (χ0v) is 12.2. The first-order chi connectivity index (χ1) is 9.54. The molecule has 5 nitrogen and oxygen atoms in total. The summed E-state index contributed by atoms with van der Waals surface area (Å²) in [5.74, 6) is 0.161. The van der Waals surface area contributed by atoms with Crippen molar-refractivity contribution < 1.29 is 14.3 Å². The molecule has 0 saturated heterocycles. The lowest BCUT2D eigenvalue weighted by Crippen LogP contribution is -2.15. The monoisotopic (exact) mass is 290 g/mol. The van der Waals surface area contributed by atoms with Crippen LogP contribution in [0.15, 0.2) is 23.7 Å². The molecule has 104 valence electrons. The number of ether oxygens (including phenoxy) is 1. The van der Waals surface area contributed by atoms with E-state index in [1.54, 1.807) is 37.7 Å². The molecule has 0 atom stereocenters. The van der Waals surface area contributed by atoms with Crippen LogP contribution in [-0.2, 0) is 0 Å². The molecule has 20 heavy (non-hydrogen) atoms. The van der Waals surface area contributed by atoms with E-state index in [1.165, 1.54) is 18.3 Å². The molecule has 2 rings (SSSR count). The number of nitrogens with zero attached hydrogens (tertiary/aromatic N) is 1. The molecular formula is C14H14N2O3S. The minimum atomic E-state index is -0.334. The summed E-state index contributed by atoms with van der Waals surface area (Å²) < 4.78 is 5.22. The maximum atomic E-state index is 12.1. The van der Waals surface area contributed by atoms with E-state index in [2.05, 4.69) is 10.3 Å². The first-order valence-corrected chi connectivity index (χ1v) is 6.82. The molecule has 0 fully saturated rings. The number of nitrogens with one attached hydrogen (secondary N) is 1. The van der Waals surface area contributed by atoms with Gasteiger partial charge in [-0.25, -0.2) is 4.98 Å². The first kappa shape index (κ1) is 14.2. The van der Waals surface area contributed by atoms with Crippen molar-refractivity contribution in [2.24, 2.45) is 0 Å². The van der Waals surface area contributed by atoms with Gasteiger partial charge in [0.05, 0.1) is 12.8 Å². The molecular weight excluding hydrogens is 276 g/mol. The Hall–Kier alpha value is -2.21. The third kappa shape index (κ3) is 2.70.